The second kappa shape index (κ2) is 9.87. The molecule has 0 aliphatic carbocycles. The predicted octanol–water partition coefficient (Wildman–Crippen LogP) is 4.97. The van der Waals surface area contributed by atoms with Crippen LogP contribution in [-0.2, 0) is 12.7 Å². The molecule has 3 heterocycles. The Morgan fingerprint density at radius 3 is 2.41 bits per heavy atom. The highest BCUT2D eigenvalue weighted by Gasteiger charge is 2.36. The molecule has 6 nitrogen and oxygen atoms in total. The Kier molecular flexibility index (Phi) is 6.90. The van der Waals surface area contributed by atoms with E-state index in [1.807, 2.05) is 23.2 Å². The van der Waals surface area contributed by atoms with Crippen molar-refractivity contribution in [1.29, 1.82) is 0 Å². The molecule has 0 spiro atoms. The monoisotopic (exact) mass is 471 g/mol. The van der Waals surface area contributed by atoms with Gasteiger partial charge in [-0.15, -0.1) is 0 Å². The highest BCUT2D eigenvalue weighted by molar-refractivity contribution is 5.96. The van der Waals surface area contributed by atoms with Gasteiger partial charge in [0.2, 0.25) is 0 Å². The highest BCUT2D eigenvalue weighted by Crippen LogP contribution is 2.32. The summed E-state index contributed by atoms with van der Waals surface area (Å²) in [6.45, 7) is 6.92. The van der Waals surface area contributed by atoms with Gasteiger partial charge in [-0.05, 0) is 36.6 Å². The van der Waals surface area contributed by atoms with Gasteiger partial charge in [0.1, 0.15) is 11.6 Å². The summed E-state index contributed by atoms with van der Waals surface area (Å²) in [7, 11) is 0. The van der Waals surface area contributed by atoms with Crippen molar-refractivity contribution in [2.45, 2.75) is 33.0 Å². The Bertz CT molecular complexity index is 1120. The summed E-state index contributed by atoms with van der Waals surface area (Å²) >= 11 is 0. The third-order valence-electron chi connectivity index (χ3n) is 6.02. The maximum atomic E-state index is 13.3. The standard InChI is InChI=1S/C25H28F3N5O/c1-18(2)9-11-32-12-10-29-23(32)19-7-8-22(30-17-19)31-13-15-33(16-14-31)24(34)20-5-3-4-6-21(20)25(26,27)28/h3-8,10,12,17-18H,9,11,13-16H2,1-2H3. The number of halogens is 3. The molecule has 1 aliphatic rings. The van der Waals surface area contributed by atoms with Gasteiger partial charge in [0.15, 0.2) is 0 Å². The molecule has 9 heteroatoms. The molecule has 2 aromatic heterocycles. The third-order valence-corrected chi connectivity index (χ3v) is 6.02. The number of piperazine rings is 1. The predicted molar refractivity (Wildman–Crippen MR) is 124 cm³/mol. The molecular weight excluding hydrogens is 443 g/mol. The van der Waals surface area contributed by atoms with Crippen LogP contribution in [0, 0.1) is 5.92 Å². The van der Waals surface area contributed by atoms with Gasteiger partial charge in [0.25, 0.3) is 5.91 Å². The van der Waals surface area contributed by atoms with E-state index in [1.165, 1.54) is 23.1 Å². The second-order valence-electron chi connectivity index (χ2n) is 8.85. The number of carbonyl (C=O) groups is 1. The molecule has 34 heavy (non-hydrogen) atoms. The van der Waals surface area contributed by atoms with Crippen molar-refractivity contribution in [1.82, 2.24) is 19.4 Å². The molecule has 180 valence electrons. The number of aromatic nitrogens is 3. The summed E-state index contributed by atoms with van der Waals surface area (Å²) in [6, 6.07) is 8.84. The number of aryl methyl sites for hydroxylation is 1. The number of imidazole rings is 1. The minimum Gasteiger partial charge on any atom is -0.353 e. The van der Waals surface area contributed by atoms with Crippen LogP contribution >= 0.6 is 0 Å². The van der Waals surface area contributed by atoms with Crippen LogP contribution in [0.1, 0.15) is 36.2 Å². The van der Waals surface area contributed by atoms with Crippen molar-refractivity contribution in [2.75, 3.05) is 31.1 Å². The zero-order chi connectivity index (χ0) is 24.3. The van der Waals surface area contributed by atoms with E-state index in [0.29, 0.717) is 32.1 Å². The molecule has 1 fully saturated rings. The normalized spacial score (nSPS) is 14.6. The lowest BCUT2D eigenvalue weighted by Gasteiger charge is -2.35. The molecule has 3 aromatic rings. The maximum absolute atomic E-state index is 13.3. The Labute approximate surface area is 197 Å². The number of hydrogen-bond acceptors (Lipinski definition) is 4. The molecule has 0 unspecified atom stereocenters. The summed E-state index contributed by atoms with van der Waals surface area (Å²) in [4.78, 5) is 25.4. The lowest BCUT2D eigenvalue weighted by molar-refractivity contribution is -0.138. The fourth-order valence-corrected chi connectivity index (χ4v) is 4.08. The first kappa shape index (κ1) is 23.8. The Balaban J connectivity index is 1.40. The number of alkyl halides is 3. The van der Waals surface area contributed by atoms with E-state index in [4.69, 9.17) is 0 Å². The van der Waals surface area contributed by atoms with E-state index in [2.05, 4.69) is 28.4 Å². The molecule has 0 N–H and O–H groups in total. The quantitative estimate of drug-likeness (QED) is 0.509. The zero-order valence-corrected chi connectivity index (χ0v) is 19.3. The van der Waals surface area contributed by atoms with Crippen LogP contribution in [0.25, 0.3) is 11.4 Å². The maximum Gasteiger partial charge on any atom is 0.417 e. The fraction of sp³-hybridized carbons (Fsp3) is 0.400. The Morgan fingerprint density at radius 2 is 1.76 bits per heavy atom. The van der Waals surface area contributed by atoms with E-state index >= 15 is 0 Å². The number of pyridine rings is 1. The molecule has 0 atom stereocenters. The largest absolute Gasteiger partial charge is 0.417 e. The van der Waals surface area contributed by atoms with Gasteiger partial charge < -0.3 is 14.4 Å². The van der Waals surface area contributed by atoms with Crippen LogP contribution in [0.2, 0.25) is 0 Å². The topological polar surface area (TPSA) is 54.3 Å². The van der Waals surface area contributed by atoms with Crippen LogP contribution in [0.15, 0.2) is 55.0 Å². The van der Waals surface area contributed by atoms with E-state index in [0.717, 1.165) is 36.2 Å². The average Bonchev–Trinajstić information content (AvgIpc) is 3.31. The molecule has 0 saturated carbocycles. The number of anilines is 1. The van der Waals surface area contributed by atoms with Gasteiger partial charge in [0.05, 0.1) is 11.1 Å². The molecule has 0 radical (unpaired) electrons. The van der Waals surface area contributed by atoms with Crippen molar-refractivity contribution in [3.8, 4) is 11.4 Å². The van der Waals surface area contributed by atoms with E-state index in [1.54, 1.807) is 12.4 Å². The average molecular weight is 472 g/mol. The van der Waals surface area contributed by atoms with Gasteiger partial charge >= 0.3 is 6.18 Å². The van der Waals surface area contributed by atoms with Crippen LogP contribution in [0.4, 0.5) is 19.0 Å². The fourth-order valence-electron chi connectivity index (χ4n) is 4.08. The van der Waals surface area contributed by atoms with Crippen molar-refractivity contribution in [3.05, 3.63) is 66.1 Å². The SMILES string of the molecule is CC(C)CCn1ccnc1-c1ccc(N2CCN(C(=O)c3ccccc3C(F)(F)F)CC2)nc1. The number of benzene rings is 1. The summed E-state index contributed by atoms with van der Waals surface area (Å²) in [5, 5.41) is 0. The molecule has 1 amide bonds. The van der Waals surface area contributed by atoms with E-state index in [-0.39, 0.29) is 5.56 Å². The first-order valence-electron chi connectivity index (χ1n) is 11.4. The van der Waals surface area contributed by atoms with E-state index in [9.17, 15) is 18.0 Å². The lowest BCUT2D eigenvalue weighted by atomic mass is 10.1. The van der Waals surface area contributed by atoms with Gasteiger partial charge in [-0.3, -0.25) is 4.79 Å². The lowest BCUT2D eigenvalue weighted by Crippen LogP contribution is -2.49. The van der Waals surface area contributed by atoms with Crippen LogP contribution in [0.5, 0.6) is 0 Å². The molecule has 1 aromatic carbocycles. The van der Waals surface area contributed by atoms with Gasteiger partial charge in [-0.1, -0.05) is 26.0 Å². The number of amides is 1. The first-order chi connectivity index (χ1) is 16.2. The number of carbonyl (C=O) groups excluding carboxylic acids is 1. The highest BCUT2D eigenvalue weighted by atomic mass is 19.4. The summed E-state index contributed by atoms with van der Waals surface area (Å²) in [5.74, 6) is 1.65. The van der Waals surface area contributed by atoms with E-state index < -0.39 is 17.6 Å². The smallest absolute Gasteiger partial charge is 0.353 e. The van der Waals surface area contributed by atoms with Crippen LogP contribution in [-0.4, -0.2) is 51.5 Å². The molecule has 1 aliphatic heterocycles. The minimum atomic E-state index is -4.57. The first-order valence-corrected chi connectivity index (χ1v) is 11.4. The van der Waals surface area contributed by atoms with Crippen LogP contribution in [0.3, 0.4) is 0 Å². The van der Waals surface area contributed by atoms with Crippen molar-refractivity contribution < 1.29 is 18.0 Å². The van der Waals surface area contributed by atoms with Gasteiger partial charge in [0, 0.05) is 56.9 Å². The van der Waals surface area contributed by atoms with Crippen molar-refractivity contribution in [3.63, 3.8) is 0 Å². The number of nitrogens with zero attached hydrogens (tertiary/aromatic N) is 5. The number of hydrogen-bond donors (Lipinski definition) is 0. The summed E-state index contributed by atoms with van der Waals surface area (Å²) < 4.78 is 42.0. The van der Waals surface area contributed by atoms with Gasteiger partial charge in [-0.25, -0.2) is 9.97 Å². The molecular formula is C25H28F3N5O. The molecule has 1 saturated heterocycles. The zero-order valence-electron chi connectivity index (χ0n) is 19.3. The van der Waals surface area contributed by atoms with Gasteiger partial charge in [-0.2, -0.15) is 13.2 Å². The molecule has 0 bridgehead atoms. The van der Waals surface area contributed by atoms with Crippen LogP contribution < -0.4 is 4.90 Å². The molecule has 4 rings (SSSR count). The Morgan fingerprint density at radius 1 is 1.03 bits per heavy atom. The number of rotatable bonds is 6. The Hall–Kier alpha value is -3.36. The van der Waals surface area contributed by atoms with Crippen molar-refractivity contribution >= 4 is 11.7 Å². The summed E-state index contributed by atoms with van der Waals surface area (Å²) in [6.07, 6.45) is 2.05. The minimum absolute atomic E-state index is 0.307. The third kappa shape index (κ3) is 5.24. The summed E-state index contributed by atoms with van der Waals surface area (Å²) in [5.41, 5.74) is -0.277. The van der Waals surface area contributed by atoms with Crippen molar-refractivity contribution in [2.24, 2.45) is 5.92 Å². The second-order valence-corrected chi connectivity index (χ2v) is 8.85.